The molecule has 140 valence electrons. The maximum Gasteiger partial charge on any atom is 0.315 e. The highest BCUT2D eigenvalue weighted by Crippen LogP contribution is 2.30. The highest BCUT2D eigenvalue weighted by molar-refractivity contribution is 7.91. The highest BCUT2D eigenvalue weighted by atomic mass is 32.2. The molecule has 26 heavy (non-hydrogen) atoms. The third-order valence-corrected chi connectivity index (χ3v) is 7.40. The topological polar surface area (TPSA) is 72.9 Å². The molecule has 1 atom stereocenters. The first-order valence-electron chi connectivity index (χ1n) is 8.49. The number of para-hydroxylation sites is 2. The van der Waals surface area contributed by atoms with Gasteiger partial charge in [0.25, 0.3) is 10.0 Å². The molecule has 2 aromatic rings. The van der Waals surface area contributed by atoms with Gasteiger partial charge in [-0.3, -0.25) is 4.79 Å². The Bertz CT molecular complexity index is 848. The summed E-state index contributed by atoms with van der Waals surface area (Å²) in [6, 6.07) is 10.3. The van der Waals surface area contributed by atoms with Gasteiger partial charge in [0.15, 0.2) is 11.5 Å². The van der Waals surface area contributed by atoms with E-state index in [9.17, 15) is 13.2 Å². The molecule has 1 aromatic carbocycles. The number of piperidine rings is 1. The summed E-state index contributed by atoms with van der Waals surface area (Å²) in [4.78, 5) is 12.6. The number of hydrogen-bond acceptors (Lipinski definition) is 6. The van der Waals surface area contributed by atoms with E-state index in [2.05, 4.69) is 0 Å². The van der Waals surface area contributed by atoms with Gasteiger partial charge < -0.3 is 9.47 Å². The smallest absolute Gasteiger partial charge is 0.315 e. The molecule has 8 heteroatoms. The SMILES string of the molecule is CCOc1ccccc1OC(=O)C1CCCN(S(=O)(=O)c2cccs2)C1. The molecule has 0 spiro atoms. The van der Waals surface area contributed by atoms with Gasteiger partial charge in [0.1, 0.15) is 4.21 Å². The Hall–Kier alpha value is -1.90. The van der Waals surface area contributed by atoms with E-state index in [4.69, 9.17) is 9.47 Å². The van der Waals surface area contributed by atoms with E-state index in [1.54, 1.807) is 41.8 Å². The molecule has 1 aromatic heterocycles. The lowest BCUT2D eigenvalue weighted by Gasteiger charge is -2.30. The monoisotopic (exact) mass is 395 g/mol. The van der Waals surface area contributed by atoms with Crippen LogP contribution in [0.4, 0.5) is 0 Å². The highest BCUT2D eigenvalue weighted by Gasteiger charge is 2.35. The Morgan fingerprint density at radius 1 is 1.23 bits per heavy atom. The minimum absolute atomic E-state index is 0.135. The lowest BCUT2D eigenvalue weighted by atomic mass is 10.00. The number of rotatable bonds is 6. The molecule has 1 unspecified atom stereocenters. The van der Waals surface area contributed by atoms with Gasteiger partial charge >= 0.3 is 5.97 Å². The number of hydrogen-bond donors (Lipinski definition) is 0. The summed E-state index contributed by atoms with van der Waals surface area (Å²) in [6.07, 6.45) is 1.23. The van der Waals surface area contributed by atoms with Crippen molar-refractivity contribution >= 4 is 27.3 Å². The van der Waals surface area contributed by atoms with Crippen molar-refractivity contribution in [2.45, 2.75) is 24.0 Å². The summed E-state index contributed by atoms with van der Waals surface area (Å²) in [7, 11) is -3.56. The van der Waals surface area contributed by atoms with Crippen LogP contribution in [0.1, 0.15) is 19.8 Å². The predicted molar refractivity (Wildman–Crippen MR) is 99.0 cm³/mol. The van der Waals surface area contributed by atoms with Crippen molar-refractivity contribution in [3.8, 4) is 11.5 Å². The first kappa shape index (κ1) is 18.9. The molecular formula is C18H21NO5S2. The third kappa shape index (κ3) is 4.08. The Labute approximate surface area is 157 Å². The Morgan fingerprint density at radius 3 is 2.69 bits per heavy atom. The second-order valence-corrected chi connectivity index (χ2v) is 9.05. The lowest BCUT2D eigenvalue weighted by Crippen LogP contribution is -2.43. The second-order valence-electron chi connectivity index (χ2n) is 5.94. The van der Waals surface area contributed by atoms with Crippen molar-refractivity contribution in [3.63, 3.8) is 0 Å². The normalized spacial score (nSPS) is 18.4. The molecule has 0 radical (unpaired) electrons. The lowest BCUT2D eigenvalue weighted by molar-refractivity contribution is -0.140. The molecule has 0 saturated carbocycles. The van der Waals surface area contributed by atoms with Gasteiger partial charge in [-0.2, -0.15) is 4.31 Å². The standard InChI is InChI=1S/C18H21NO5S2/c1-2-23-15-8-3-4-9-16(15)24-18(20)14-7-5-11-19(13-14)26(21,22)17-10-6-12-25-17/h3-4,6,8-10,12,14H,2,5,7,11,13H2,1H3. The van der Waals surface area contributed by atoms with Crippen LogP contribution in [0.5, 0.6) is 11.5 Å². The Morgan fingerprint density at radius 2 is 2.00 bits per heavy atom. The van der Waals surface area contributed by atoms with E-state index >= 15 is 0 Å². The van der Waals surface area contributed by atoms with Gasteiger partial charge in [0.2, 0.25) is 0 Å². The van der Waals surface area contributed by atoms with Crippen molar-refractivity contribution < 1.29 is 22.7 Å². The molecule has 1 aliphatic rings. The molecule has 0 bridgehead atoms. The fourth-order valence-corrected chi connectivity index (χ4v) is 5.56. The zero-order valence-electron chi connectivity index (χ0n) is 14.5. The fraction of sp³-hybridized carbons (Fsp3) is 0.389. The molecule has 2 heterocycles. The summed E-state index contributed by atoms with van der Waals surface area (Å²) < 4.78 is 38.0. The van der Waals surface area contributed by atoms with Crippen LogP contribution >= 0.6 is 11.3 Å². The average Bonchev–Trinajstić information content (AvgIpc) is 3.19. The van der Waals surface area contributed by atoms with Gasteiger partial charge in [-0.25, -0.2) is 8.42 Å². The maximum absolute atomic E-state index is 12.7. The number of esters is 1. The van der Waals surface area contributed by atoms with Gasteiger partial charge in [0, 0.05) is 13.1 Å². The molecule has 0 amide bonds. The summed E-state index contributed by atoms with van der Waals surface area (Å²) in [5.41, 5.74) is 0. The summed E-state index contributed by atoms with van der Waals surface area (Å²) in [6.45, 7) is 2.87. The number of ether oxygens (including phenoxy) is 2. The van der Waals surface area contributed by atoms with Gasteiger partial charge in [-0.1, -0.05) is 18.2 Å². The molecule has 3 rings (SSSR count). The van der Waals surface area contributed by atoms with E-state index in [0.29, 0.717) is 41.7 Å². The van der Waals surface area contributed by atoms with E-state index < -0.39 is 21.9 Å². The number of carbonyl (C=O) groups excluding carboxylic acids is 1. The molecule has 6 nitrogen and oxygen atoms in total. The van der Waals surface area contributed by atoms with Crippen molar-refractivity contribution in [3.05, 3.63) is 41.8 Å². The van der Waals surface area contributed by atoms with E-state index in [-0.39, 0.29) is 6.54 Å². The first-order chi connectivity index (χ1) is 12.5. The fourth-order valence-electron chi connectivity index (χ4n) is 2.89. The minimum atomic E-state index is -3.56. The largest absolute Gasteiger partial charge is 0.490 e. The van der Waals surface area contributed by atoms with Crippen molar-refractivity contribution in [2.24, 2.45) is 5.92 Å². The summed E-state index contributed by atoms with van der Waals surface area (Å²) in [5, 5.41) is 1.73. The first-order valence-corrected chi connectivity index (χ1v) is 10.8. The van der Waals surface area contributed by atoms with Crippen LogP contribution in [-0.4, -0.2) is 38.4 Å². The van der Waals surface area contributed by atoms with Crippen LogP contribution in [0, 0.1) is 5.92 Å². The molecule has 1 fully saturated rings. The van der Waals surface area contributed by atoms with Gasteiger partial charge in [-0.15, -0.1) is 11.3 Å². The summed E-state index contributed by atoms with van der Waals surface area (Å²) >= 11 is 1.18. The van der Waals surface area contributed by atoms with Crippen LogP contribution in [0.15, 0.2) is 46.0 Å². The second kappa shape index (κ2) is 8.20. The quantitative estimate of drug-likeness (QED) is 0.555. The van der Waals surface area contributed by atoms with E-state index in [0.717, 1.165) is 0 Å². The van der Waals surface area contributed by atoms with E-state index in [1.807, 2.05) is 6.92 Å². The van der Waals surface area contributed by atoms with Crippen molar-refractivity contribution in [1.29, 1.82) is 0 Å². The molecular weight excluding hydrogens is 374 g/mol. The molecule has 1 saturated heterocycles. The number of benzene rings is 1. The minimum Gasteiger partial charge on any atom is -0.490 e. The number of thiophene rings is 1. The Balaban J connectivity index is 1.71. The van der Waals surface area contributed by atoms with Crippen LogP contribution in [0.3, 0.4) is 0 Å². The predicted octanol–water partition coefficient (Wildman–Crippen LogP) is 3.15. The Kier molecular flexibility index (Phi) is 5.95. The summed E-state index contributed by atoms with van der Waals surface area (Å²) in [5.74, 6) is -0.0591. The van der Waals surface area contributed by atoms with E-state index in [1.165, 1.54) is 15.6 Å². The number of nitrogens with zero attached hydrogens (tertiary/aromatic N) is 1. The molecule has 1 aliphatic heterocycles. The van der Waals surface area contributed by atoms with Crippen molar-refractivity contribution in [2.75, 3.05) is 19.7 Å². The van der Waals surface area contributed by atoms with Gasteiger partial charge in [0.05, 0.1) is 12.5 Å². The zero-order chi connectivity index (χ0) is 18.6. The van der Waals surface area contributed by atoms with Crippen molar-refractivity contribution in [1.82, 2.24) is 4.31 Å². The zero-order valence-corrected chi connectivity index (χ0v) is 16.1. The van der Waals surface area contributed by atoms with Gasteiger partial charge in [-0.05, 0) is 43.3 Å². The van der Waals surface area contributed by atoms with Crippen LogP contribution in [-0.2, 0) is 14.8 Å². The molecule has 0 N–H and O–H groups in total. The maximum atomic E-state index is 12.7. The average molecular weight is 396 g/mol. The van der Waals surface area contributed by atoms with Crippen LogP contribution in [0.25, 0.3) is 0 Å². The third-order valence-electron chi connectivity index (χ3n) is 4.17. The van der Waals surface area contributed by atoms with Crippen LogP contribution < -0.4 is 9.47 Å². The van der Waals surface area contributed by atoms with Crippen LogP contribution in [0.2, 0.25) is 0 Å². The molecule has 0 aliphatic carbocycles. The number of sulfonamides is 1. The number of carbonyl (C=O) groups is 1.